The summed E-state index contributed by atoms with van der Waals surface area (Å²) in [6.07, 6.45) is 9.29. The molecule has 0 aromatic heterocycles. The van der Waals surface area contributed by atoms with Crippen LogP contribution in [0.25, 0.3) is 0 Å². The van der Waals surface area contributed by atoms with Gasteiger partial charge >= 0.3 is 11.9 Å². The standard InChI is InChI=1S/C26H36O6/c1-3-5-6-8-17-9-11-18(12-10-17)21(7-4-2)19-13-15-20(16-14-19)26-31-22(24(27)28)23(32-26)25(29)30/h4,13-18,21-23,26H,2-3,5-12H2,1H3,(H,27,28)(H,29,30)/t17?,18?,21?,22-,23-/m1/s1. The van der Waals surface area contributed by atoms with Crippen LogP contribution in [0.15, 0.2) is 36.9 Å². The van der Waals surface area contributed by atoms with Crippen molar-refractivity contribution in [3.63, 3.8) is 0 Å². The van der Waals surface area contributed by atoms with Crippen molar-refractivity contribution in [1.82, 2.24) is 0 Å². The number of hydrogen-bond donors (Lipinski definition) is 2. The fourth-order valence-electron chi connectivity index (χ4n) is 5.22. The summed E-state index contributed by atoms with van der Waals surface area (Å²) in [7, 11) is 0. The van der Waals surface area contributed by atoms with E-state index in [0.717, 1.165) is 12.3 Å². The third-order valence-corrected chi connectivity index (χ3v) is 7.04. The van der Waals surface area contributed by atoms with Crippen LogP contribution in [-0.4, -0.2) is 34.4 Å². The Hall–Kier alpha value is -2.18. The minimum Gasteiger partial charge on any atom is -0.479 e. The van der Waals surface area contributed by atoms with Crippen molar-refractivity contribution in [3.8, 4) is 0 Å². The molecule has 1 unspecified atom stereocenters. The first-order chi connectivity index (χ1) is 15.4. The summed E-state index contributed by atoms with van der Waals surface area (Å²) in [6, 6.07) is 7.78. The van der Waals surface area contributed by atoms with Gasteiger partial charge in [-0.3, -0.25) is 0 Å². The van der Waals surface area contributed by atoms with Gasteiger partial charge in [0.1, 0.15) is 0 Å². The molecule has 2 aliphatic rings. The molecule has 32 heavy (non-hydrogen) atoms. The van der Waals surface area contributed by atoms with Crippen LogP contribution in [0.3, 0.4) is 0 Å². The van der Waals surface area contributed by atoms with Crippen molar-refractivity contribution in [2.75, 3.05) is 0 Å². The van der Waals surface area contributed by atoms with Gasteiger partial charge in [0.15, 0.2) is 18.5 Å². The Morgan fingerprint density at radius 3 is 2.12 bits per heavy atom. The number of allylic oxidation sites excluding steroid dienone is 1. The monoisotopic (exact) mass is 444 g/mol. The number of carbonyl (C=O) groups is 2. The van der Waals surface area contributed by atoms with Crippen LogP contribution < -0.4 is 0 Å². The molecule has 6 nitrogen and oxygen atoms in total. The molecule has 1 saturated carbocycles. The van der Waals surface area contributed by atoms with Crippen molar-refractivity contribution in [1.29, 1.82) is 0 Å². The normalized spacial score (nSPS) is 27.2. The van der Waals surface area contributed by atoms with Gasteiger partial charge in [-0.1, -0.05) is 75.8 Å². The maximum atomic E-state index is 11.3. The van der Waals surface area contributed by atoms with Crippen LogP contribution >= 0.6 is 0 Å². The second kappa shape index (κ2) is 11.6. The molecule has 176 valence electrons. The molecule has 2 N–H and O–H groups in total. The number of benzene rings is 1. The fraction of sp³-hybridized carbons (Fsp3) is 0.615. The molecule has 1 aromatic carbocycles. The lowest BCUT2D eigenvalue weighted by Gasteiger charge is -2.34. The Bertz CT molecular complexity index is 743. The molecule has 3 rings (SSSR count). The molecule has 1 aliphatic carbocycles. The number of carboxylic acids is 2. The van der Waals surface area contributed by atoms with Crippen molar-refractivity contribution in [3.05, 3.63) is 48.0 Å². The quantitative estimate of drug-likeness (QED) is 0.337. The maximum Gasteiger partial charge on any atom is 0.336 e. The molecule has 0 amide bonds. The van der Waals surface area contributed by atoms with E-state index in [1.807, 2.05) is 30.3 Å². The molecule has 1 saturated heterocycles. The van der Waals surface area contributed by atoms with Gasteiger partial charge in [0.25, 0.3) is 0 Å². The number of aliphatic carboxylic acids is 2. The zero-order valence-electron chi connectivity index (χ0n) is 18.9. The Labute approximate surface area is 190 Å². The number of ether oxygens (including phenoxy) is 2. The van der Waals surface area contributed by atoms with Crippen LogP contribution in [0, 0.1) is 11.8 Å². The van der Waals surface area contributed by atoms with Gasteiger partial charge in [-0.05, 0) is 42.6 Å². The van der Waals surface area contributed by atoms with Crippen LogP contribution in [0.1, 0.15) is 88.0 Å². The van der Waals surface area contributed by atoms with Crippen molar-refractivity contribution in [2.45, 2.75) is 89.1 Å². The van der Waals surface area contributed by atoms with Gasteiger partial charge in [-0.25, -0.2) is 9.59 Å². The van der Waals surface area contributed by atoms with Crippen molar-refractivity contribution in [2.24, 2.45) is 11.8 Å². The lowest BCUT2D eigenvalue weighted by atomic mass is 9.71. The Morgan fingerprint density at radius 2 is 1.62 bits per heavy atom. The van der Waals surface area contributed by atoms with E-state index in [9.17, 15) is 19.8 Å². The number of unbranched alkanes of at least 4 members (excludes halogenated alkanes) is 2. The first-order valence-electron chi connectivity index (χ1n) is 11.9. The van der Waals surface area contributed by atoms with E-state index in [2.05, 4.69) is 13.5 Å². The minimum absolute atomic E-state index is 0.405. The van der Waals surface area contributed by atoms with Gasteiger partial charge in [0.2, 0.25) is 0 Å². The van der Waals surface area contributed by atoms with Crippen LogP contribution in [0.2, 0.25) is 0 Å². The van der Waals surface area contributed by atoms with Crippen LogP contribution in [0.5, 0.6) is 0 Å². The molecule has 0 bridgehead atoms. The average molecular weight is 445 g/mol. The summed E-state index contributed by atoms with van der Waals surface area (Å²) in [5.41, 5.74) is 1.85. The Balaban J connectivity index is 1.63. The van der Waals surface area contributed by atoms with E-state index in [-0.39, 0.29) is 0 Å². The molecule has 1 aromatic rings. The van der Waals surface area contributed by atoms with E-state index in [1.165, 1.54) is 56.9 Å². The van der Waals surface area contributed by atoms with E-state index in [1.54, 1.807) is 0 Å². The van der Waals surface area contributed by atoms with Gasteiger partial charge < -0.3 is 19.7 Å². The summed E-state index contributed by atoms with van der Waals surface area (Å²) < 4.78 is 10.8. The summed E-state index contributed by atoms with van der Waals surface area (Å²) in [5.74, 6) is -0.776. The second-order valence-corrected chi connectivity index (χ2v) is 9.20. The first kappa shape index (κ1) is 24.5. The van der Waals surface area contributed by atoms with Crippen LogP contribution in [-0.2, 0) is 19.1 Å². The molecule has 1 heterocycles. The van der Waals surface area contributed by atoms with Crippen molar-refractivity contribution < 1.29 is 29.3 Å². The van der Waals surface area contributed by atoms with E-state index in [4.69, 9.17) is 9.47 Å². The summed E-state index contributed by atoms with van der Waals surface area (Å²) in [6.45, 7) is 6.22. The van der Waals surface area contributed by atoms with E-state index in [0.29, 0.717) is 17.4 Å². The summed E-state index contributed by atoms with van der Waals surface area (Å²) >= 11 is 0. The molecule has 2 fully saturated rings. The summed E-state index contributed by atoms with van der Waals surface area (Å²) in [5, 5.41) is 18.4. The highest BCUT2D eigenvalue weighted by atomic mass is 16.7. The second-order valence-electron chi connectivity index (χ2n) is 9.20. The minimum atomic E-state index is -1.52. The fourth-order valence-corrected chi connectivity index (χ4v) is 5.22. The molecule has 6 heteroatoms. The lowest BCUT2D eigenvalue weighted by molar-refractivity contribution is -0.156. The predicted octanol–water partition coefficient (Wildman–Crippen LogP) is 5.68. The Morgan fingerprint density at radius 1 is 1.03 bits per heavy atom. The molecule has 3 atom stereocenters. The highest BCUT2D eigenvalue weighted by Crippen LogP contribution is 2.42. The Kier molecular flexibility index (Phi) is 8.88. The zero-order chi connectivity index (χ0) is 23.1. The third kappa shape index (κ3) is 5.99. The highest BCUT2D eigenvalue weighted by molar-refractivity contribution is 5.84. The van der Waals surface area contributed by atoms with E-state index >= 15 is 0 Å². The lowest BCUT2D eigenvalue weighted by Crippen LogP contribution is -2.36. The van der Waals surface area contributed by atoms with E-state index < -0.39 is 30.4 Å². The maximum absolute atomic E-state index is 11.3. The molecule has 0 radical (unpaired) electrons. The smallest absolute Gasteiger partial charge is 0.336 e. The highest BCUT2D eigenvalue weighted by Gasteiger charge is 2.46. The molecular formula is C26H36O6. The number of hydrogen-bond acceptors (Lipinski definition) is 4. The largest absolute Gasteiger partial charge is 0.479 e. The number of carboxylic acid groups (broad SMARTS) is 2. The first-order valence-corrected chi connectivity index (χ1v) is 11.9. The SMILES string of the molecule is C=CCC(c1ccc(C2O[C@@H](C(=O)O)[C@H](C(=O)O)O2)cc1)C1CCC(CCCCC)CC1. The zero-order valence-corrected chi connectivity index (χ0v) is 18.9. The van der Waals surface area contributed by atoms with Crippen LogP contribution in [0.4, 0.5) is 0 Å². The predicted molar refractivity (Wildman–Crippen MR) is 121 cm³/mol. The van der Waals surface area contributed by atoms with Gasteiger partial charge in [-0.2, -0.15) is 0 Å². The molecular weight excluding hydrogens is 408 g/mol. The van der Waals surface area contributed by atoms with Crippen molar-refractivity contribution >= 4 is 11.9 Å². The third-order valence-electron chi connectivity index (χ3n) is 7.04. The molecule has 0 spiro atoms. The summed E-state index contributed by atoms with van der Waals surface area (Å²) in [4.78, 5) is 22.6. The average Bonchev–Trinajstić information content (AvgIpc) is 3.25. The topological polar surface area (TPSA) is 93.1 Å². The molecule has 1 aliphatic heterocycles. The van der Waals surface area contributed by atoms with Gasteiger partial charge in [-0.15, -0.1) is 6.58 Å². The van der Waals surface area contributed by atoms with Gasteiger partial charge in [0.05, 0.1) is 0 Å². The van der Waals surface area contributed by atoms with Gasteiger partial charge in [0, 0.05) is 5.56 Å². The number of rotatable bonds is 11.